The molecule has 0 aliphatic heterocycles. The molecule has 2 heterocycles. The molecule has 1 fully saturated rings. The van der Waals surface area contributed by atoms with Crippen LogP contribution < -0.4 is 11.1 Å². The van der Waals surface area contributed by atoms with Gasteiger partial charge in [0.2, 0.25) is 5.91 Å². The molecule has 2 aromatic heterocycles. The van der Waals surface area contributed by atoms with Crippen LogP contribution in [0.15, 0.2) is 36.8 Å². The van der Waals surface area contributed by atoms with Crippen molar-refractivity contribution in [3.8, 4) is 5.82 Å². The Morgan fingerprint density at radius 2 is 2.19 bits per heavy atom. The highest BCUT2D eigenvalue weighted by Gasteiger charge is 2.31. The highest BCUT2D eigenvalue weighted by Crippen LogP contribution is 2.30. The molecule has 110 valence electrons. The molecular formula is C15H19N5O. The van der Waals surface area contributed by atoms with Crippen molar-refractivity contribution in [3.63, 3.8) is 0 Å². The second-order valence-electron chi connectivity index (χ2n) is 5.65. The lowest BCUT2D eigenvalue weighted by molar-refractivity contribution is -0.117. The SMILES string of the molecule is NC1(CC(=O)Nc2ccc(-n3cccn3)nc2)CCCC1. The predicted octanol–water partition coefficient (Wildman–Crippen LogP) is 1.87. The molecule has 0 atom stereocenters. The summed E-state index contributed by atoms with van der Waals surface area (Å²) >= 11 is 0. The number of carbonyl (C=O) groups is 1. The smallest absolute Gasteiger partial charge is 0.226 e. The van der Waals surface area contributed by atoms with Crippen molar-refractivity contribution < 1.29 is 4.79 Å². The van der Waals surface area contributed by atoms with Gasteiger partial charge in [-0.15, -0.1) is 0 Å². The molecule has 1 aliphatic rings. The van der Waals surface area contributed by atoms with E-state index in [2.05, 4.69) is 15.4 Å². The summed E-state index contributed by atoms with van der Waals surface area (Å²) in [6.45, 7) is 0. The fourth-order valence-electron chi connectivity index (χ4n) is 2.78. The summed E-state index contributed by atoms with van der Waals surface area (Å²) in [5.74, 6) is 0.664. The first kappa shape index (κ1) is 13.8. The number of hydrogen-bond donors (Lipinski definition) is 2. The average Bonchev–Trinajstić information content (AvgIpc) is 3.11. The lowest BCUT2D eigenvalue weighted by atomic mass is 9.94. The van der Waals surface area contributed by atoms with Crippen molar-refractivity contribution >= 4 is 11.6 Å². The third-order valence-corrected chi connectivity index (χ3v) is 3.88. The number of hydrogen-bond acceptors (Lipinski definition) is 4. The maximum atomic E-state index is 12.1. The third-order valence-electron chi connectivity index (χ3n) is 3.88. The lowest BCUT2D eigenvalue weighted by Gasteiger charge is -2.22. The van der Waals surface area contributed by atoms with Crippen molar-refractivity contribution in [1.82, 2.24) is 14.8 Å². The minimum atomic E-state index is -0.327. The molecule has 1 saturated carbocycles. The van der Waals surface area contributed by atoms with E-state index in [1.54, 1.807) is 17.1 Å². The maximum absolute atomic E-state index is 12.1. The van der Waals surface area contributed by atoms with E-state index in [1.165, 1.54) is 0 Å². The summed E-state index contributed by atoms with van der Waals surface area (Å²) in [5, 5.41) is 6.96. The molecular weight excluding hydrogens is 266 g/mol. The number of pyridine rings is 1. The first-order valence-electron chi connectivity index (χ1n) is 7.19. The molecule has 6 nitrogen and oxygen atoms in total. The molecule has 2 aromatic rings. The minimum absolute atomic E-state index is 0.0481. The van der Waals surface area contributed by atoms with E-state index in [1.807, 2.05) is 24.4 Å². The monoisotopic (exact) mass is 285 g/mol. The highest BCUT2D eigenvalue weighted by molar-refractivity contribution is 5.91. The minimum Gasteiger partial charge on any atom is -0.325 e. The zero-order chi connectivity index (χ0) is 14.7. The van der Waals surface area contributed by atoms with E-state index in [0.29, 0.717) is 17.9 Å². The predicted molar refractivity (Wildman–Crippen MR) is 80.0 cm³/mol. The molecule has 1 aliphatic carbocycles. The van der Waals surface area contributed by atoms with Crippen molar-refractivity contribution in [1.29, 1.82) is 0 Å². The molecule has 3 rings (SSSR count). The second-order valence-corrected chi connectivity index (χ2v) is 5.65. The van der Waals surface area contributed by atoms with Crippen LogP contribution in [-0.2, 0) is 4.79 Å². The molecule has 0 spiro atoms. The normalized spacial score (nSPS) is 16.8. The van der Waals surface area contributed by atoms with Crippen LogP contribution in [0, 0.1) is 0 Å². The van der Waals surface area contributed by atoms with Gasteiger partial charge in [0.05, 0.1) is 11.9 Å². The zero-order valence-electron chi connectivity index (χ0n) is 11.8. The van der Waals surface area contributed by atoms with Crippen LogP contribution in [0.25, 0.3) is 5.82 Å². The molecule has 0 radical (unpaired) electrons. The number of nitrogens with two attached hydrogens (primary N) is 1. The Kier molecular flexibility index (Phi) is 3.70. The van der Waals surface area contributed by atoms with Gasteiger partial charge in [-0.1, -0.05) is 12.8 Å². The van der Waals surface area contributed by atoms with E-state index >= 15 is 0 Å². The number of anilines is 1. The molecule has 21 heavy (non-hydrogen) atoms. The Morgan fingerprint density at radius 3 is 2.81 bits per heavy atom. The van der Waals surface area contributed by atoms with Gasteiger partial charge in [-0.2, -0.15) is 5.10 Å². The zero-order valence-corrected chi connectivity index (χ0v) is 11.8. The number of carbonyl (C=O) groups excluding carboxylic acids is 1. The van der Waals surface area contributed by atoms with Gasteiger partial charge < -0.3 is 11.1 Å². The van der Waals surface area contributed by atoms with Gasteiger partial charge in [0, 0.05) is 24.4 Å². The summed E-state index contributed by atoms with van der Waals surface area (Å²) in [7, 11) is 0. The molecule has 0 bridgehead atoms. The first-order chi connectivity index (χ1) is 10.1. The number of aromatic nitrogens is 3. The summed E-state index contributed by atoms with van der Waals surface area (Å²) in [4.78, 5) is 16.3. The fourth-order valence-corrected chi connectivity index (χ4v) is 2.78. The van der Waals surface area contributed by atoms with E-state index in [0.717, 1.165) is 25.7 Å². The van der Waals surface area contributed by atoms with Crippen LogP contribution in [0.1, 0.15) is 32.1 Å². The van der Waals surface area contributed by atoms with Crippen LogP contribution in [0.5, 0.6) is 0 Å². The van der Waals surface area contributed by atoms with Crippen molar-refractivity contribution in [2.24, 2.45) is 5.73 Å². The third kappa shape index (κ3) is 3.28. The van der Waals surface area contributed by atoms with Gasteiger partial charge in [0.1, 0.15) is 0 Å². The van der Waals surface area contributed by atoms with Gasteiger partial charge in [-0.3, -0.25) is 4.79 Å². The summed E-state index contributed by atoms with van der Waals surface area (Å²) in [5.41, 5.74) is 6.57. The average molecular weight is 285 g/mol. The van der Waals surface area contributed by atoms with Crippen molar-refractivity contribution in [2.45, 2.75) is 37.6 Å². The topological polar surface area (TPSA) is 85.8 Å². The van der Waals surface area contributed by atoms with Gasteiger partial charge >= 0.3 is 0 Å². The molecule has 1 amide bonds. The van der Waals surface area contributed by atoms with Crippen molar-refractivity contribution in [2.75, 3.05) is 5.32 Å². The second kappa shape index (κ2) is 5.65. The van der Waals surface area contributed by atoms with Gasteiger partial charge in [0.25, 0.3) is 0 Å². The Labute approximate surface area is 123 Å². The fraction of sp³-hybridized carbons (Fsp3) is 0.400. The van der Waals surface area contributed by atoms with Crippen LogP contribution in [0.3, 0.4) is 0 Å². The van der Waals surface area contributed by atoms with E-state index < -0.39 is 0 Å². The van der Waals surface area contributed by atoms with Gasteiger partial charge in [-0.25, -0.2) is 9.67 Å². The highest BCUT2D eigenvalue weighted by atomic mass is 16.1. The summed E-state index contributed by atoms with van der Waals surface area (Å²) in [6, 6.07) is 5.47. The molecule has 0 saturated heterocycles. The number of rotatable bonds is 4. The van der Waals surface area contributed by atoms with Crippen LogP contribution in [0.2, 0.25) is 0 Å². The van der Waals surface area contributed by atoms with Crippen LogP contribution in [-0.4, -0.2) is 26.2 Å². The van der Waals surface area contributed by atoms with Crippen molar-refractivity contribution in [3.05, 3.63) is 36.8 Å². The Hall–Kier alpha value is -2.21. The van der Waals surface area contributed by atoms with Gasteiger partial charge in [-0.05, 0) is 31.0 Å². The molecule has 6 heteroatoms. The Morgan fingerprint density at radius 1 is 1.38 bits per heavy atom. The summed E-state index contributed by atoms with van der Waals surface area (Å²) in [6.07, 6.45) is 9.60. The Bertz CT molecular complexity index is 600. The lowest BCUT2D eigenvalue weighted by Crippen LogP contribution is -2.40. The summed E-state index contributed by atoms with van der Waals surface area (Å²) < 4.78 is 1.67. The number of nitrogens with zero attached hydrogens (tertiary/aromatic N) is 3. The quantitative estimate of drug-likeness (QED) is 0.898. The van der Waals surface area contributed by atoms with E-state index in [9.17, 15) is 4.79 Å². The largest absolute Gasteiger partial charge is 0.325 e. The Balaban J connectivity index is 1.61. The maximum Gasteiger partial charge on any atom is 0.226 e. The standard InChI is InChI=1S/C15H19N5O/c16-15(6-1-2-7-15)10-14(21)19-12-4-5-13(17-11-12)20-9-3-8-18-20/h3-5,8-9,11H,1-2,6-7,10,16H2,(H,19,21). The molecule has 0 aromatic carbocycles. The van der Waals surface area contributed by atoms with Gasteiger partial charge in [0.15, 0.2) is 5.82 Å². The number of amides is 1. The van der Waals surface area contributed by atoms with E-state index in [-0.39, 0.29) is 11.4 Å². The molecule has 0 unspecified atom stereocenters. The van der Waals surface area contributed by atoms with Crippen LogP contribution in [0.4, 0.5) is 5.69 Å². The van der Waals surface area contributed by atoms with E-state index in [4.69, 9.17) is 5.73 Å². The number of nitrogens with one attached hydrogen (secondary N) is 1. The first-order valence-corrected chi connectivity index (χ1v) is 7.19. The molecule has 3 N–H and O–H groups in total. The van der Waals surface area contributed by atoms with Crippen LogP contribution >= 0.6 is 0 Å².